The van der Waals surface area contributed by atoms with E-state index in [0.717, 1.165) is 77.4 Å². The molecule has 0 aliphatic carbocycles. The number of benzene rings is 2. The Morgan fingerprint density at radius 1 is 1.02 bits per heavy atom. The molecular formula is C37H47N3O4. The van der Waals surface area contributed by atoms with Gasteiger partial charge in [-0.2, -0.15) is 0 Å². The molecule has 3 aromatic rings. The van der Waals surface area contributed by atoms with Gasteiger partial charge in [-0.1, -0.05) is 50.2 Å². The van der Waals surface area contributed by atoms with Crippen LogP contribution in [0.1, 0.15) is 83.0 Å². The largest absolute Gasteiger partial charge is 0.493 e. The number of esters is 1. The van der Waals surface area contributed by atoms with Crippen molar-refractivity contribution >= 4 is 17.3 Å². The number of piperidine rings is 1. The van der Waals surface area contributed by atoms with Gasteiger partial charge in [0.2, 0.25) is 0 Å². The van der Waals surface area contributed by atoms with Crippen LogP contribution in [0.5, 0.6) is 5.75 Å². The number of carbonyl (C=O) groups is 1. The summed E-state index contributed by atoms with van der Waals surface area (Å²) in [6, 6.07) is 15.8. The maximum Gasteiger partial charge on any atom is 0.340 e. The van der Waals surface area contributed by atoms with Crippen LogP contribution in [0.3, 0.4) is 0 Å². The summed E-state index contributed by atoms with van der Waals surface area (Å²) < 4.78 is 18.1. The van der Waals surface area contributed by atoms with E-state index in [-0.39, 0.29) is 12.0 Å². The van der Waals surface area contributed by atoms with Gasteiger partial charge in [-0.15, -0.1) is 0 Å². The highest BCUT2D eigenvalue weighted by molar-refractivity contribution is 5.88. The minimum atomic E-state index is -0.904. The zero-order valence-corrected chi connectivity index (χ0v) is 27.6. The number of carbonyl (C=O) groups excluding carboxylic acids is 1. The van der Waals surface area contributed by atoms with Crippen LogP contribution in [0.25, 0.3) is 16.0 Å². The van der Waals surface area contributed by atoms with Crippen molar-refractivity contribution in [2.45, 2.75) is 86.4 Å². The Morgan fingerprint density at radius 2 is 1.66 bits per heavy atom. The van der Waals surface area contributed by atoms with E-state index in [1.54, 1.807) is 0 Å². The summed E-state index contributed by atoms with van der Waals surface area (Å²) in [5.74, 6) is 0.388. The van der Waals surface area contributed by atoms with Crippen LogP contribution in [0.15, 0.2) is 48.5 Å². The van der Waals surface area contributed by atoms with Crippen LogP contribution < -0.4 is 9.64 Å². The molecule has 2 heterocycles. The molecule has 7 heteroatoms. The highest BCUT2D eigenvalue weighted by Gasteiger charge is 2.37. The lowest BCUT2D eigenvalue weighted by Gasteiger charge is -2.41. The smallest absolute Gasteiger partial charge is 0.340 e. The Bertz CT molecular complexity index is 1470. The van der Waals surface area contributed by atoms with E-state index in [2.05, 4.69) is 35.7 Å². The molecule has 2 aromatic carbocycles. The Morgan fingerprint density at radius 3 is 2.23 bits per heavy atom. The molecule has 1 saturated heterocycles. The molecule has 0 bridgehead atoms. The Kier molecular flexibility index (Phi) is 10.4. The fourth-order valence-electron chi connectivity index (χ4n) is 5.71. The molecule has 1 aromatic heterocycles. The lowest BCUT2D eigenvalue weighted by Crippen LogP contribution is -2.39. The summed E-state index contributed by atoms with van der Waals surface area (Å²) >= 11 is 0. The number of anilines is 1. The molecule has 0 amide bonds. The third kappa shape index (κ3) is 8.18. The summed E-state index contributed by atoms with van der Waals surface area (Å²) in [5, 5.41) is 0. The molecule has 0 saturated carbocycles. The van der Waals surface area contributed by atoms with Gasteiger partial charge in [0.05, 0.1) is 31.1 Å². The monoisotopic (exact) mass is 597 g/mol. The van der Waals surface area contributed by atoms with Crippen LogP contribution in [-0.2, 0) is 20.7 Å². The number of ether oxygens (including phenoxy) is 3. The van der Waals surface area contributed by atoms with Crippen molar-refractivity contribution in [2.24, 2.45) is 5.41 Å². The third-order valence-electron chi connectivity index (χ3n) is 8.11. The lowest BCUT2D eigenvalue weighted by molar-refractivity contribution is -0.166. The van der Waals surface area contributed by atoms with Crippen molar-refractivity contribution in [1.82, 2.24) is 4.98 Å². The highest BCUT2D eigenvalue weighted by Crippen LogP contribution is 2.45. The number of hydrogen-bond donors (Lipinski definition) is 0. The van der Waals surface area contributed by atoms with Gasteiger partial charge in [0.1, 0.15) is 5.75 Å². The first-order valence-corrected chi connectivity index (χ1v) is 15.6. The first kappa shape index (κ1) is 33.0. The van der Waals surface area contributed by atoms with Crippen LogP contribution >= 0.6 is 0 Å². The van der Waals surface area contributed by atoms with Crippen molar-refractivity contribution in [3.05, 3.63) is 82.5 Å². The van der Waals surface area contributed by atoms with Crippen molar-refractivity contribution in [1.29, 1.82) is 0 Å². The predicted molar refractivity (Wildman–Crippen MR) is 176 cm³/mol. The zero-order valence-electron chi connectivity index (χ0n) is 27.6. The molecule has 234 valence electrons. The summed E-state index contributed by atoms with van der Waals surface area (Å²) in [6.45, 7) is 26.0. The molecule has 0 N–H and O–H groups in total. The molecule has 1 atom stereocenters. The summed E-state index contributed by atoms with van der Waals surface area (Å²) in [5.41, 5.74) is 6.93. The minimum Gasteiger partial charge on any atom is -0.493 e. The highest BCUT2D eigenvalue weighted by atomic mass is 16.6. The van der Waals surface area contributed by atoms with Gasteiger partial charge in [0.15, 0.2) is 11.8 Å². The normalized spacial score (nSPS) is 15.4. The SMILES string of the molecule is [C-]#[N+]c1ccc(CCOc2ccc(-c3c(C)nc(C)c([C@H](OC(C)(C)C)C(=O)OCC)c3N3CCC(C)(C)CC3)cc2)cc1. The van der Waals surface area contributed by atoms with E-state index < -0.39 is 17.7 Å². The molecule has 4 rings (SSSR count). The second kappa shape index (κ2) is 13.8. The van der Waals surface area contributed by atoms with Crippen molar-refractivity contribution in [3.8, 4) is 16.9 Å². The number of nitrogens with zero attached hydrogens (tertiary/aromatic N) is 3. The van der Waals surface area contributed by atoms with Crippen LogP contribution in [0, 0.1) is 25.8 Å². The van der Waals surface area contributed by atoms with E-state index in [9.17, 15) is 4.79 Å². The predicted octanol–water partition coefficient (Wildman–Crippen LogP) is 8.58. The third-order valence-corrected chi connectivity index (χ3v) is 8.11. The van der Waals surface area contributed by atoms with Gasteiger partial charge in [-0.3, -0.25) is 4.98 Å². The van der Waals surface area contributed by atoms with E-state index in [0.29, 0.717) is 12.3 Å². The molecule has 0 unspecified atom stereocenters. The Balaban J connectivity index is 1.72. The second-order valence-electron chi connectivity index (χ2n) is 13.3. The summed E-state index contributed by atoms with van der Waals surface area (Å²) in [4.78, 5) is 24.4. The Hall–Kier alpha value is -3.89. The van der Waals surface area contributed by atoms with Crippen LogP contribution in [0.4, 0.5) is 11.4 Å². The Labute approximate surface area is 263 Å². The molecule has 1 aliphatic heterocycles. The average Bonchev–Trinajstić information content (AvgIpc) is 2.96. The number of pyridine rings is 1. The minimum absolute atomic E-state index is 0.258. The van der Waals surface area contributed by atoms with Crippen LogP contribution in [0.2, 0.25) is 0 Å². The molecular weight excluding hydrogens is 550 g/mol. The van der Waals surface area contributed by atoms with Gasteiger partial charge in [0, 0.05) is 42.0 Å². The topological polar surface area (TPSA) is 65.2 Å². The summed E-state index contributed by atoms with van der Waals surface area (Å²) in [7, 11) is 0. The first-order chi connectivity index (χ1) is 20.8. The molecule has 1 aliphatic rings. The summed E-state index contributed by atoms with van der Waals surface area (Å²) in [6.07, 6.45) is 1.94. The standard InChI is InChI=1S/C37H47N3O4/c1-10-42-35(41)34(44-36(4,5)6)32-26(3)39-25(2)31(33(32)40-22-20-37(7,8)21-23-40)28-13-17-30(18-14-28)43-24-19-27-11-15-29(38-9)16-12-27/h11-18,34H,10,19-24H2,1-8H3/t34-/m0/s1. The number of hydrogen-bond acceptors (Lipinski definition) is 6. The van der Waals surface area contributed by atoms with Gasteiger partial charge in [-0.05, 0) is 83.1 Å². The van der Waals surface area contributed by atoms with Crippen molar-refractivity contribution in [2.75, 3.05) is 31.2 Å². The van der Waals surface area contributed by atoms with Gasteiger partial charge < -0.3 is 19.1 Å². The quantitative estimate of drug-likeness (QED) is 0.172. The van der Waals surface area contributed by atoms with E-state index in [1.807, 2.05) is 77.9 Å². The zero-order chi connectivity index (χ0) is 32.1. The second-order valence-corrected chi connectivity index (χ2v) is 13.3. The van der Waals surface area contributed by atoms with Gasteiger partial charge >= 0.3 is 5.97 Å². The van der Waals surface area contributed by atoms with E-state index in [4.69, 9.17) is 25.8 Å². The van der Waals surface area contributed by atoms with E-state index >= 15 is 0 Å². The molecule has 44 heavy (non-hydrogen) atoms. The number of aromatic nitrogens is 1. The molecule has 0 radical (unpaired) electrons. The average molecular weight is 598 g/mol. The van der Waals surface area contributed by atoms with Crippen molar-refractivity contribution < 1.29 is 19.0 Å². The number of aryl methyl sites for hydroxylation is 2. The van der Waals surface area contributed by atoms with Crippen molar-refractivity contribution in [3.63, 3.8) is 0 Å². The van der Waals surface area contributed by atoms with Gasteiger partial charge in [-0.25, -0.2) is 9.64 Å². The molecule has 7 nitrogen and oxygen atoms in total. The molecule has 0 spiro atoms. The first-order valence-electron chi connectivity index (χ1n) is 15.6. The maximum atomic E-state index is 13.5. The maximum absolute atomic E-state index is 13.5. The van der Waals surface area contributed by atoms with E-state index in [1.165, 1.54) is 0 Å². The molecule has 1 fully saturated rings. The lowest BCUT2D eigenvalue weighted by atomic mass is 9.82. The fourth-order valence-corrected chi connectivity index (χ4v) is 5.71. The van der Waals surface area contributed by atoms with Gasteiger partial charge in [0.25, 0.3) is 0 Å². The fraction of sp³-hybridized carbons (Fsp3) is 0.486. The van der Waals surface area contributed by atoms with Crippen LogP contribution in [-0.4, -0.2) is 42.9 Å². The number of rotatable bonds is 10.